The molecule has 2 aliphatic heterocycles. The lowest BCUT2D eigenvalue weighted by molar-refractivity contribution is 0.0178. The molecular formula is C15H15FN2O4. The summed E-state index contributed by atoms with van der Waals surface area (Å²) in [5.41, 5.74) is 1.04. The third-order valence-corrected chi connectivity index (χ3v) is 4.17. The molecule has 7 heteroatoms. The minimum Gasteiger partial charge on any atom is -0.388 e. The van der Waals surface area contributed by atoms with Gasteiger partial charge in [0.2, 0.25) is 0 Å². The van der Waals surface area contributed by atoms with Crippen LogP contribution in [0.3, 0.4) is 0 Å². The Labute approximate surface area is 125 Å². The van der Waals surface area contributed by atoms with Crippen LogP contribution in [-0.2, 0) is 9.47 Å². The number of hydrogen-bond acceptors (Lipinski definition) is 4. The van der Waals surface area contributed by atoms with Crippen molar-refractivity contribution in [3.8, 4) is 0 Å². The van der Waals surface area contributed by atoms with Crippen LogP contribution in [0.5, 0.6) is 0 Å². The van der Waals surface area contributed by atoms with Crippen LogP contribution >= 0.6 is 0 Å². The van der Waals surface area contributed by atoms with Gasteiger partial charge >= 0.3 is 0 Å². The van der Waals surface area contributed by atoms with Gasteiger partial charge in [0.05, 0.1) is 19.3 Å². The highest BCUT2D eigenvalue weighted by atomic mass is 19.1. The van der Waals surface area contributed by atoms with E-state index in [-0.39, 0.29) is 36.6 Å². The number of benzene rings is 1. The van der Waals surface area contributed by atoms with Crippen LogP contribution < -0.4 is 5.32 Å². The second-order valence-corrected chi connectivity index (χ2v) is 5.66. The maximum atomic E-state index is 13.2. The minimum absolute atomic E-state index is 0.216. The Morgan fingerprint density at radius 1 is 1.27 bits per heavy atom. The second-order valence-electron chi connectivity index (χ2n) is 5.66. The van der Waals surface area contributed by atoms with Crippen molar-refractivity contribution in [1.29, 1.82) is 0 Å². The molecule has 1 aromatic heterocycles. The number of ether oxygens (including phenoxy) is 2. The standard InChI is InChI=1S/C15H15FN2O4/c16-8-1-2-9-7(3-8)4-10(17-9)15(20)18-11-5-21-14-12(19)6-22-13(11)14/h1-4,11-14,17,19H,5-6H2,(H,18,20)/t11-,12-,13-,14-/m1/s1. The second kappa shape index (κ2) is 5.05. The predicted molar refractivity (Wildman–Crippen MR) is 75.0 cm³/mol. The van der Waals surface area contributed by atoms with E-state index >= 15 is 0 Å². The average Bonchev–Trinajstić information content (AvgIpc) is 3.16. The summed E-state index contributed by atoms with van der Waals surface area (Å²) in [6.45, 7) is 0.514. The highest BCUT2D eigenvalue weighted by Crippen LogP contribution is 2.27. The van der Waals surface area contributed by atoms with Gasteiger partial charge in [-0.15, -0.1) is 0 Å². The molecule has 4 atom stereocenters. The molecule has 0 bridgehead atoms. The molecule has 2 fully saturated rings. The summed E-state index contributed by atoms with van der Waals surface area (Å²) >= 11 is 0. The van der Waals surface area contributed by atoms with Gasteiger partial charge in [0.25, 0.3) is 5.91 Å². The molecule has 0 radical (unpaired) electrons. The first-order chi connectivity index (χ1) is 10.6. The van der Waals surface area contributed by atoms with Crippen molar-refractivity contribution in [2.75, 3.05) is 13.2 Å². The molecule has 4 rings (SSSR count). The largest absolute Gasteiger partial charge is 0.388 e. The summed E-state index contributed by atoms with van der Waals surface area (Å²) < 4.78 is 24.1. The van der Waals surface area contributed by atoms with Gasteiger partial charge in [-0.1, -0.05) is 0 Å². The fraction of sp³-hybridized carbons (Fsp3) is 0.400. The number of fused-ring (bicyclic) bond motifs is 2. The van der Waals surface area contributed by atoms with E-state index in [1.165, 1.54) is 12.1 Å². The molecular weight excluding hydrogens is 291 g/mol. The third-order valence-electron chi connectivity index (χ3n) is 4.17. The number of aromatic amines is 1. The Balaban J connectivity index is 1.51. The van der Waals surface area contributed by atoms with E-state index in [0.717, 1.165) is 0 Å². The normalized spacial score (nSPS) is 30.6. The van der Waals surface area contributed by atoms with E-state index in [1.807, 2.05) is 0 Å². The molecule has 3 N–H and O–H groups in total. The Morgan fingerprint density at radius 2 is 2.09 bits per heavy atom. The molecule has 22 heavy (non-hydrogen) atoms. The number of carbonyl (C=O) groups is 1. The summed E-state index contributed by atoms with van der Waals surface area (Å²) in [6, 6.07) is 5.59. The lowest BCUT2D eigenvalue weighted by Crippen LogP contribution is -2.44. The van der Waals surface area contributed by atoms with Gasteiger partial charge in [0, 0.05) is 10.9 Å². The number of aromatic nitrogens is 1. The predicted octanol–water partition coefficient (Wildman–Crippen LogP) is 0.564. The van der Waals surface area contributed by atoms with Crippen LogP contribution in [0.15, 0.2) is 24.3 Å². The lowest BCUT2D eigenvalue weighted by atomic mass is 10.1. The average molecular weight is 306 g/mol. The number of aliphatic hydroxyl groups is 1. The zero-order valence-corrected chi connectivity index (χ0v) is 11.6. The summed E-state index contributed by atoms with van der Waals surface area (Å²) in [4.78, 5) is 15.3. The monoisotopic (exact) mass is 306 g/mol. The van der Waals surface area contributed by atoms with Crippen molar-refractivity contribution in [2.45, 2.75) is 24.4 Å². The molecule has 0 unspecified atom stereocenters. The van der Waals surface area contributed by atoms with Gasteiger partial charge < -0.3 is 24.9 Å². The van der Waals surface area contributed by atoms with Gasteiger partial charge in [0.15, 0.2) is 0 Å². The van der Waals surface area contributed by atoms with E-state index < -0.39 is 6.10 Å². The van der Waals surface area contributed by atoms with Crippen molar-refractivity contribution >= 4 is 16.8 Å². The molecule has 1 aromatic carbocycles. The third kappa shape index (κ3) is 2.18. The van der Waals surface area contributed by atoms with Crippen molar-refractivity contribution in [3.05, 3.63) is 35.8 Å². The van der Waals surface area contributed by atoms with E-state index in [9.17, 15) is 14.3 Å². The molecule has 1 amide bonds. The molecule has 116 valence electrons. The molecule has 2 aromatic rings. The Morgan fingerprint density at radius 3 is 2.95 bits per heavy atom. The zero-order chi connectivity index (χ0) is 15.3. The molecule has 0 aliphatic carbocycles. The Hall–Kier alpha value is -1.96. The SMILES string of the molecule is O=C(N[C@@H]1CO[C@H]2[C@@H]1OC[C@H]2O)c1cc2cc(F)ccc2[nH]1. The number of nitrogens with one attached hydrogen (secondary N) is 2. The van der Waals surface area contributed by atoms with Crippen molar-refractivity contribution in [2.24, 2.45) is 0 Å². The van der Waals surface area contributed by atoms with Crippen molar-refractivity contribution in [1.82, 2.24) is 10.3 Å². The van der Waals surface area contributed by atoms with Crippen LogP contribution in [0.4, 0.5) is 4.39 Å². The molecule has 6 nitrogen and oxygen atoms in total. The van der Waals surface area contributed by atoms with E-state index in [4.69, 9.17) is 9.47 Å². The van der Waals surface area contributed by atoms with Crippen LogP contribution in [0.2, 0.25) is 0 Å². The Bertz CT molecular complexity index is 731. The van der Waals surface area contributed by atoms with Crippen LogP contribution in [0, 0.1) is 5.82 Å². The fourth-order valence-corrected chi connectivity index (χ4v) is 3.07. The molecule has 2 saturated heterocycles. The first kappa shape index (κ1) is 13.7. The smallest absolute Gasteiger partial charge is 0.268 e. The van der Waals surface area contributed by atoms with Gasteiger partial charge in [-0.2, -0.15) is 0 Å². The number of H-pyrrole nitrogens is 1. The van der Waals surface area contributed by atoms with Gasteiger partial charge in [-0.05, 0) is 24.3 Å². The van der Waals surface area contributed by atoms with Crippen LogP contribution in [-0.4, -0.2) is 53.6 Å². The van der Waals surface area contributed by atoms with Gasteiger partial charge in [0.1, 0.15) is 29.8 Å². The van der Waals surface area contributed by atoms with Gasteiger partial charge in [-0.3, -0.25) is 4.79 Å². The van der Waals surface area contributed by atoms with Crippen molar-refractivity contribution < 1.29 is 23.8 Å². The number of hydrogen-bond donors (Lipinski definition) is 3. The number of carbonyl (C=O) groups excluding carboxylic acids is 1. The minimum atomic E-state index is -0.650. The zero-order valence-electron chi connectivity index (χ0n) is 11.6. The summed E-state index contributed by atoms with van der Waals surface area (Å²) in [7, 11) is 0. The molecule has 0 spiro atoms. The highest BCUT2D eigenvalue weighted by molar-refractivity contribution is 5.98. The van der Waals surface area contributed by atoms with E-state index in [2.05, 4.69) is 10.3 Å². The summed E-state index contributed by atoms with van der Waals surface area (Å²) in [6.07, 6.45) is -1.37. The first-order valence-electron chi connectivity index (χ1n) is 7.12. The summed E-state index contributed by atoms with van der Waals surface area (Å²) in [5.74, 6) is -0.658. The maximum Gasteiger partial charge on any atom is 0.268 e. The molecule has 3 heterocycles. The van der Waals surface area contributed by atoms with Crippen molar-refractivity contribution in [3.63, 3.8) is 0 Å². The van der Waals surface area contributed by atoms with E-state index in [1.54, 1.807) is 12.1 Å². The fourth-order valence-electron chi connectivity index (χ4n) is 3.07. The quantitative estimate of drug-likeness (QED) is 0.757. The Kier molecular flexibility index (Phi) is 3.14. The molecule has 0 saturated carbocycles. The molecule has 2 aliphatic rings. The van der Waals surface area contributed by atoms with Gasteiger partial charge in [-0.25, -0.2) is 4.39 Å². The maximum absolute atomic E-state index is 13.2. The van der Waals surface area contributed by atoms with Crippen LogP contribution in [0.1, 0.15) is 10.5 Å². The summed E-state index contributed by atoms with van der Waals surface area (Å²) in [5, 5.41) is 13.2. The first-order valence-corrected chi connectivity index (χ1v) is 7.12. The lowest BCUT2D eigenvalue weighted by Gasteiger charge is -2.16. The highest BCUT2D eigenvalue weighted by Gasteiger charge is 2.47. The number of aliphatic hydroxyl groups excluding tert-OH is 1. The number of halogens is 1. The topological polar surface area (TPSA) is 83.6 Å². The van der Waals surface area contributed by atoms with E-state index in [0.29, 0.717) is 23.2 Å². The van der Waals surface area contributed by atoms with Crippen LogP contribution in [0.25, 0.3) is 10.9 Å². The number of amides is 1. The number of rotatable bonds is 2.